The van der Waals surface area contributed by atoms with Crippen LogP contribution in [0, 0.1) is 0 Å². The fraction of sp³-hybridized carbons (Fsp3) is 0. The maximum atomic E-state index is 4.43. The standard InChI is InChI=1S/C10H2Br2N2S3/c11-5-1-3-7-8(14-17-13-7)4-2-6(12)16-10(4)9(3)15-5/h1-2H. The molecule has 0 aliphatic carbocycles. The number of halogens is 2. The van der Waals surface area contributed by atoms with E-state index in [1.54, 1.807) is 22.7 Å². The van der Waals surface area contributed by atoms with Gasteiger partial charge in [0.1, 0.15) is 11.0 Å². The third kappa shape index (κ3) is 1.46. The summed E-state index contributed by atoms with van der Waals surface area (Å²) in [5, 5.41) is 2.40. The average molecular weight is 406 g/mol. The summed E-state index contributed by atoms with van der Waals surface area (Å²) >= 11 is 11.9. The molecule has 0 atom stereocenters. The molecule has 3 heterocycles. The molecule has 0 unspecified atom stereocenters. The number of hydrogen-bond donors (Lipinski definition) is 0. The topological polar surface area (TPSA) is 25.8 Å². The minimum atomic E-state index is 1.02. The predicted molar refractivity (Wildman–Crippen MR) is 83.6 cm³/mol. The zero-order valence-corrected chi connectivity index (χ0v) is 13.7. The van der Waals surface area contributed by atoms with E-state index in [2.05, 4.69) is 52.7 Å². The lowest BCUT2D eigenvalue weighted by Crippen LogP contribution is -1.72. The average Bonchev–Trinajstić information content (AvgIpc) is 2.91. The Morgan fingerprint density at radius 3 is 1.76 bits per heavy atom. The van der Waals surface area contributed by atoms with Gasteiger partial charge >= 0.3 is 0 Å². The Morgan fingerprint density at radius 1 is 0.824 bits per heavy atom. The predicted octanol–water partition coefficient (Wildman–Crippen LogP) is 5.65. The van der Waals surface area contributed by atoms with E-state index in [-0.39, 0.29) is 0 Å². The molecule has 0 bridgehead atoms. The van der Waals surface area contributed by atoms with Crippen LogP contribution in [-0.4, -0.2) is 8.75 Å². The fourth-order valence-electron chi connectivity index (χ4n) is 1.95. The monoisotopic (exact) mass is 404 g/mol. The highest BCUT2D eigenvalue weighted by molar-refractivity contribution is 9.11. The molecular formula is C10H2Br2N2S3. The van der Waals surface area contributed by atoms with E-state index in [9.17, 15) is 0 Å². The summed E-state index contributed by atoms with van der Waals surface area (Å²) in [5.74, 6) is 0. The van der Waals surface area contributed by atoms with Gasteiger partial charge in [-0.1, -0.05) is 0 Å². The maximum Gasteiger partial charge on any atom is 0.114 e. The first-order chi connectivity index (χ1) is 8.24. The Balaban J connectivity index is 2.46. The van der Waals surface area contributed by atoms with Crippen LogP contribution in [0.1, 0.15) is 0 Å². The lowest BCUT2D eigenvalue weighted by Gasteiger charge is -1.93. The number of fused-ring (bicyclic) bond motifs is 6. The van der Waals surface area contributed by atoms with Gasteiger partial charge in [0.05, 0.1) is 28.7 Å². The van der Waals surface area contributed by atoms with Gasteiger partial charge in [0.25, 0.3) is 0 Å². The Labute approximate surface area is 125 Å². The molecule has 0 radical (unpaired) electrons. The third-order valence-electron chi connectivity index (χ3n) is 2.61. The molecule has 84 valence electrons. The second-order valence-electron chi connectivity index (χ2n) is 3.55. The molecular weight excluding hydrogens is 404 g/mol. The van der Waals surface area contributed by atoms with Gasteiger partial charge in [0.15, 0.2) is 0 Å². The summed E-state index contributed by atoms with van der Waals surface area (Å²) in [6.07, 6.45) is 0. The fourth-order valence-corrected chi connectivity index (χ4v) is 5.89. The van der Waals surface area contributed by atoms with Crippen LogP contribution in [0.5, 0.6) is 0 Å². The number of nitrogens with zero attached hydrogens (tertiary/aromatic N) is 2. The largest absolute Gasteiger partial charge is 0.172 e. The van der Waals surface area contributed by atoms with Gasteiger partial charge in [0, 0.05) is 10.8 Å². The van der Waals surface area contributed by atoms with Crippen molar-refractivity contribution in [3.05, 3.63) is 19.7 Å². The van der Waals surface area contributed by atoms with E-state index in [1.807, 2.05) is 0 Å². The lowest BCUT2D eigenvalue weighted by molar-refractivity contribution is 1.72. The Morgan fingerprint density at radius 2 is 1.29 bits per heavy atom. The van der Waals surface area contributed by atoms with Gasteiger partial charge in [-0.15, -0.1) is 22.7 Å². The zero-order valence-electron chi connectivity index (χ0n) is 8.03. The molecule has 0 aliphatic heterocycles. The molecule has 0 saturated carbocycles. The van der Waals surface area contributed by atoms with Crippen molar-refractivity contribution in [1.29, 1.82) is 0 Å². The summed E-state index contributed by atoms with van der Waals surface area (Å²) in [5.41, 5.74) is 2.04. The lowest BCUT2D eigenvalue weighted by atomic mass is 10.2. The van der Waals surface area contributed by atoms with Crippen LogP contribution in [0.3, 0.4) is 0 Å². The van der Waals surface area contributed by atoms with Crippen molar-refractivity contribution >= 4 is 97.5 Å². The summed E-state index contributed by atoms with van der Waals surface area (Å²) < 4.78 is 13.7. The summed E-state index contributed by atoms with van der Waals surface area (Å²) in [6, 6.07) is 4.27. The van der Waals surface area contributed by atoms with Gasteiger partial charge in [-0.3, -0.25) is 0 Å². The second kappa shape index (κ2) is 3.71. The van der Waals surface area contributed by atoms with Crippen molar-refractivity contribution in [2.24, 2.45) is 0 Å². The van der Waals surface area contributed by atoms with Crippen molar-refractivity contribution in [2.45, 2.75) is 0 Å². The van der Waals surface area contributed by atoms with Crippen LogP contribution in [0.4, 0.5) is 0 Å². The van der Waals surface area contributed by atoms with E-state index in [1.165, 1.54) is 31.9 Å². The van der Waals surface area contributed by atoms with Crippen molar-refractivity contribution < 1.29 is 0 Å². The molecule has 0 N–H and O–H groups in total. The molecule has 0 spiro atoms. The number of thiophene rings is 2. The van der Waals surface area contributed by atoms with Crippen molar-refractivity contribution in [1.82, 2.24) is 8.75 Å². The summed E-state index contributed by atoms with van der Waals surface area (Å²) in [6.45, 7) is 0. The van der Waals surface area contributed by atoms with Crippen molar-refractivity contribution in [2.75, 3.05) is 0 Å². The van der Waals surface area contributed by atoms with E-state index < -0.39 is 0 Å². The summed E-state index contributed by atoms with van der Waals surface area (Å²) in [4.78, 5) is 0. The molecule has 4 rings (SSSR count). The zero-order chi connectivity index (χ0) is 11.6. The molecule has 4 aromatic rings. The van der Waals surface area contributed by atoms with Gasteiger partial charge in [-0.05, 0) is 44.0 Å². The van der Waals surface area contributed by atoms with Gasteiger partial charge in [-0.2, -0.15) is 8.75 Å². The van der Waals surface area contributed by atoms with Crippen LogP contribution >= 0.6 is 66.3 Å². The smallest absolute Gasteiger partial charge is 0.114 e. The molecule has 0 saturated heterocycles. The van der Waals surface area contributed by atoms with E-state index in [0.717, 1.165) is 18.6 Å². The third-order valence-corrected chi connectivity index (χ3v) is 6.58. The van der Waals surface area contributed by atoms with Crippen LogP contribution in [0.15, 0.2) is 19.7 Å². The van der Waals surface area contributed by atoms with E-state index >= 15 is 0 Å². The maximum absolute atomic E-state index is 4.43. The normalized spacial score (nSPS) is 12.1. The van der Waals surface area contributed by atoms with Crippen molar-refractivity contribution in [3.63, 3.8) is 0 Å². The minimum Gasteiger partial charge on any atom is -0.172 e. The Kier molecular flexibility index (Phi) is 2.36. The summed E-state index contributed by atoms with van der Waals surface area (Å²) in [7, 11) is 0. The molecule has 0 amide bonds. The first-order valence-electron chi connectivity index (χ1n) is 4.66. The molecule has 2 nitrogen and oxygen atoms in total. The van der Waals surface area contributed by atoms with Crippen LogP contribution in [0.25, 0.3) is 31.2 Å². The molecule has 3 aromatic heterocycles. The van der Waals surface area contributed by atoms with E-state index in [0.29, 0.717) is 0 Å². The highest BCUT2D eigenvalue weighted by atomic mass is 79.9. The highest BCUT2D eigenvalue weighted by Gasteiger charge is 2.16. The second-order valence-corrected chi connectivity index (χ2v) is 8.94. The molecule has 17 heavy (non-hydrogen) atoms. The van der Waals surface area contributed by atoms with Crippen LogP contribution in [-0.2, 0) is 0 Å². The van der Waals surface area contributed by atoms with E-state index in [4.69, 9.17) is 0 Å². The number of rotatable bonds is 0. The molecule has 0 aliphatic rings. The first-order valence-corrected chi connectivity index (χ1v) is 8.61. The van der Waals surface area contributed by atoms with Gasteiger partial charge in [-0.25, -0.2) is 0 Å². The Bertz CT molecular complexity index is 803. The number of hydrogen-bond acceptors (Lipinski definition) is 5. The molecule has 7 heteroatoms. The van der Waals surface area contributed by atoms with Gasteiger partial charge < -0.3 is 0 Å². The minimum absolute atomic E-state index is 1.02. The van der Waals surface area contributed by atoms with Crippen LogP contribution < -0.4 is 0 Å². The quantitative estimate of drug-likeness (QED) is 0.378. The highest BCUT2D eigenvalue weighted by Crippen LogP contribution is 2.44. The van der Waals surface area contributed by atoms with Gasteiger partial charge in [0.2, 0.25) is 0 Å². The number of benzene rings is 1. The first kappa shape index (κ1) is 10.8. The SMILES string of the molecule is Brc1cc2c3nsnc3c3cc(Br)sc3c2s1. The number of aromatic nitrogens is 2. The Hall–Kier alpha value is -0.0800. The van der Waals surface area contributed by atoms with Crippen molar-refractivity contribution in [3.8, 4) is 0 Å². The van der Waals surface area contributed by atoms with Crippen LogP contribution in [0.2, 0.25) is 0 Å². The molecule has 0 fully saturated rings. The molecule has 1 aromatic carbocycles.